The first-order valence-corrected chi connectivity index (χ1v) is 9.49. The third-order valence-electron chi connectivity index (χ3n) is 5.73. The lowest BCUT2D eigenvalue weighted by Gasteiger charge is -2.42. The fourth-order valence-electron chi connectivity index (χ4n) is 4.10. The van der Waals surface area contributed by atoms with Crippen LogP contribution >= 0.6 is 11.6 Å². The standard InChI is InChI=1S/C20H26ClNO4/c1-13-10-16(21)11-14(2)17(13)12-18(24)22-19(15(3)23)4-6-20(7-5-19)25-8-9-26-20/h10-11H,4-9,12H2,1-3H3,(H,22,24). The first-order valence-electron chi connectivity index (χ1n) is 9.11. The van der Waals surface area contributed by atoms with Crippen molar-refractivity contribution in [2.24, 2.45) is 0 Å². The normalized spacial score (nSPS) is 20.9. The molecule has 1 aromatic rings. The number of amides is 1. The molecule has 0 unspecified atom stereocenters. The number of aryl methyl sites for hydroxylation is 2. The van der Waals surface area contributed by atoms with Crippen LogP contribution in [0.5, 0.6) is 0 Å². The maximum absolute atomic E-state index is 12.7. The van der Waals surface area contributed by atoms with Gasteiger partial charge in [-0.1, -0.05) is 11.6 Å². The van der Waals surface area contributed by atoms with Gasteiger partial charge in [0.15, 0.2) is 11.6 Å². The Bertz CT molecular complexity index is 692. The molecule has 142 valence electrons. The molecule has 1 aliphatic heterocycles. The molecule has 6 heteroatoms. The summed E-state index contributed by atoms with van der Waals surface area (Å²) in [6, 6.07) is 3.72. The number of Topliss-reactive ketones (excluding diaryl/α,β-unsaturated/α-hetero) is 1. The van der Waals surface area contributed by atoms with Crippen molar-refractivity contribution in [2.75, 3.05) is 13.2 Å². The number of benzene rings is 1. The van der Waals surface area contributed by atoms with E-state index in [-0.39, 0.29) is 18.1 Å². The molecule has 1 saturated heterocycles. The number of nitrogens with one attached hydrogen (secondary N) is 1. The van der Waals surface area contributed by atoms with Gasteiger partial charge in [0.25, 0.3) is 0 Å². The van der Waals surface area contributed by atoms with E-state index in [0.29, 0.717) is 43.9 Å². The van der Waals surface area contributed by atoms with Gasteiger partial charge >= 0.3 is 0 Å². The monoisotopic (exact) mass is 379 g/mol. The van der Waals surface area contributed by atoms with Crippen molar-refractivity contribution in [2.45, 2.75) is 64.2 Å². The lowest BCUT2D eigenvalue weighted by Crippen LogP contribution is -2.58. The molecule has 2 fully saturated rings. The maximum atomic E-state index is 12.7. The fourth-order valence-corrected chi connectivity index (χ4v) is 4.43. The zero-order chi connectivity index (χ0) is 18.9. The number of halogens is 1. The van der Waals surface area contributed by atoms with E-state index in [9.17, 15) is 9.59 Å². The van der Waals surface area contributed by atoms with Crippen LogP contribution in [0.4, 0.5) is 0 Å². The molecule has 1 aliphatic carbocycles. The fraction of sp³-hybridized carbons (Fsp3) is 0.600. The summed E-state index contributed by atoms with van der Waals surface area (Å²) >= 11 is 6.07. The topological polar surface area (TPSA) is 64.6 Å². The largest absolute Gasteiger partial charge is 0.348 e. The summed E-state index contributed by atoms with van der Waals surface area (Å²) in [6.07, 6.45) is 2.54. The average molecular weight is 380 g/mol. The molecular weight excluding hydrogens is 354 g/mol. The predicted molar refractivity (Wildman–Crippen MR) is 99.3 cm³/mol. The first kappa shape index (κ1) is 19.3. The highest BCUT2D eigenvalue weighted by atomic mass is 35.5. The molecule has 0 radical (unpaired) electrons. The van der Waals surface area contributed by atoms with E-state index in [4.69, 9.17) is 21.1 Å². The highest BCUT2D eigenvalue weighted by Crippen LogP contribution is 2.40. The maximum Gasteiger partial charge on any atom is 0.225 e. The minimum Gasteiger partial charge on any atom is -0.348 e. The van der Waals surface area contributed by atoms with Crippen molar-refractivity contribution >= 4 is 23.3 Å². The Hall–Kier alpha value is -1.43. The van der Waals surface area contributed by atoms with Crippen LogP contribution in [0.2, 0.25) is 5.02 Å². The van der Waals surface area contributed by atoms with Crippen LogP contribution in [-0.2, 0) is 25.5 Å². The molecular formula is C20H26ClNO4. The van der Waals surface area contributed by atoms with Gasteiger partial charge in [0.2, 0.25) is 5.91 Å². The van der Waals surface area contributed by atoms with Crippen molar-refractivity contribution in [3.05, 3.63) is 33.8 Å². The number of carbonyl (C=O) groups excluding carboxylic acids is 2. The van der Waals surface area contributed by atoms with E-state index in [2.05, 4.69) is 5.32 Å². The van der Waals surface area contributed by atoms with Crippen LogP contribution in [0.3, 0.4) is 0 Å². The number of hydrogen-bond donors (Lipinski definition) is 1. The van der Waals surface area contributed by atoms with Gasteiger partial charge in [-0.2, -0.15) is 0 Å². The van der Waals surface area contributed by atoms with E-state index < -0.39 is 11.3 Å². The highest BCUT2D eigenvalue weighted by Gasteiger charge is 2.49. The molecule has 1 amide bonds. The van der Waals surface area contributed by atoms with Crippen molar-refractivity contribution in [3.8, 4) is 0 Å². The van der Waals surface area contributed by atoms with Gasteiger partial charge in [-0.25, -0.2) is 0 Å². The Kier molecular flexibility index (Phi) is 5.42. The molecule has 2 aliphatic rings. The van der Waals surface area contributed by atoms with Gasteiger partial charge < -0.3 is 14.8 Å². The summed E-state index contributed by atoms with van der Waals surface area (Å²) < 4.78 is 11.5. The number of ether oxygens (including phenoxy) is 2. The molecule has 1 heterocycles. The second kappa shape index (κ2) is 7.29. The smallest absolute Gasteiger partial charge is 0.225 e. The molecule has 1 saturated carbocycles. The van der Waals surface area contributed by atoms with Crippen molar-refractivity contribution in [1.29, 1.82) is 0 Å². The third kappa shape index (κ3) is 3.80. The Labute approximate surface area is 159 Å². The molecule has 1 N–H and O–H groups in total. The van der Waals surface area contributed by atoms with Gasteiger partial charge in [0.05, 0.1) is 25.2 Å². The van der Waals surface area contributed by atoms with Gasteiger partial charge in [-0.05, 0) is 62.4 Å². The van der Waals surface area contributed by atoms with Crippen LogP contribution < -0.4 is 5.32 Å². The summed E-state index contributed by atoms with van der Waals surface area (Å²) in [5, 5.41) is 3.69. The van der Waals surface area contributed by atoms with Gasteiger partial charge in [0, 0.05) is 17.9 Å². The summed E-state index contributed by atoms with van der Waals surface area (Å²) in [4.78, 5) is 25.1. The minimum absolute atomic E-state index is 0.0109. The third-order valence-corrected chi connectivity index (χ3v) is 5.95. The van der Waals surface area contributed by atoms with E-state index in [1.54, 1.807) is 6.92 Å². The quantitative estimate of drug-likeness (QED) is 0.872. The van der Waals surface area contributed by atoms with Crippen molar-refractivity contribution in [1.82, 2.24) is 5.32 Å². The average Bonchev–Trinajstić information content (AvgIpc) is 3.02. The zero-order valence-electron chi connectivity index (χ0n) is 15.6. The van der Waals surface area contributed by atoms with Gasteiger partial charge in [-0.15, -0.1) is 0 Å². The van der Waals surface area contributed by atoms with Crippen LogP contribution in [0.15, 0.2) is 12.1 Å². The second-order valence-corrected chi connectivity index (χ2v) is 7.93. The molecule has 5 nitrogen and oxygen atoms in total. The number of rotatable bonds is 4. The summed E-state index contributed by atoms with van der Waals surface area (Å²) in [5.74, 6) is -0.714. The molecule has 3 rings (SSSR count). The predicted octanol–water partition coefficient (Wildman–Crippen LogP) is 3.26. The molecule has 0 atom stereocenters. The highest BCUT2D eigenvalue weighted by molar-refractivity contribution is 6.30. The van der Waals surface area contributed by atoms with Crippen LogP contribution in [0.1, 0.15) is 49.3 Å². The first-order chi connectivity index (χ1) is 12.3. The van der Waals surface area contributed by atoms with Crippen molar-refractivity contribution < 1.29 is 19.1 Å². The Morgan fingerprint density at radius 1 is 1.08 bits per heavy atom. The minimum atomic E-state index is -0.828. The molecule has 1 aromatic carbocycles. The Morgan fingerprint density at radius 2 is 1.62 bits per heavy atom. The zero-order valence-corrected chi connectivity index (χ0v) is 16.4. The van der Waals surface area contributed by atoms with E-state index in [1.807, 2.05) is 26.0 Å². The van der Waals surface area contributed by atoms with Gasteiger partial charge in [0.1, 0.15) is 0 Å². The van der Waals surface area contributed by atoms with Crippen molar-refractivity contribution in [3.63, 3.8) is 0 Å². The molecule has 1 spiro atoms. The summed E-state index contributed by atoms with van der Waals surface area (Å²) in [6.45, 7) is 6.62. The summed E-state index contributed by atoms with van der Waals surface area (Å²) in [7, 11) is 0. The number of ketones is 1. The van der Waals surface area contributed by atoms with Crippen LogP contribution in [0.25, 0.3) is 0 Å². The van der Waals surface area contributed by atoms with E-state index >= 15 is 0 Å². The lowest BCUT2D eigenvalue weighted by molar-refractivity contribution is -0.187. The molecule has 0 aromatic heterocycles. The molecule has 0 bridgehead atoms. The van der Waals surface area contributed by atoms with Crippen LogP contribution in [0, 0.1) is 13.8 Å². The number of carbonyl (C=O) groups is 2. The number of hydrogen-bond acceptors (Lipinski definition) is 4. The summed E-state index contributed by atoms with van der Waals surface area (Å²) in [5.41, 5.74) is 2.10. The van der Waals surface area contributed by atoms with Gasteiger partial charge in [-0.3, -0.25) is 9.59 Å². The second-order valence-electron chi connectivity index (χ2n) is 7.49. The van der Waals surface area contributed by atoms with E-state index in [1.165, 1.54) is 0 Å². The lowest BCUT2D eigenvalue weighted by atomic mass is 9.76. The van der Waals surface area contributed by atoms with E-state index in [0.717, 1.165) is 16.7 Å². The SMILES string of the molecule is CC(=O)C1(NC(=O)Cc2c(C)cc(Cl)cc2C)CCC2(CC1)OCCO2. The molecule has 26 heavy (non-hydrogen) atoms. The Balaban J connectivity index is 1.71. The van der Waals surface area contributed by atoms with Crippen LogP contribution in [-0.4, -0.2) is 36.2 Å². The Morgan fingerprint density at radius 3 is 2.12 bits per heavy atom.